The topological polar surface area (TPSA) is 37.3 Å². The van der Waals surface area contributed by atoms with Crippen molar-refractivity contribution >= 4 is 5.97 Å². The van der Waals surface area contributed by atoms with E-state index in [-0.39, 0.29) is 5.41 Å². The summed E-state index contributed by atoms with van der Waals surface area (Å²) in [4.78, 5) is 11.1. The maximum atomic E-state index is 11.1. The van der Waals surface area contributed by atoms with Crippen LogP contribution < -0.4 is 0 Å². The van der Waals surface area contributed by atoms with Gasteiger partial charge in [0.05, 0.1) is 5.41 Å². The Labute approximate surface area is 159 Å². The molecule has 0 heterocycles. The maximum Gasteiger partial charge on any atom is 0.309 e. The van der Waals surface area contributed by atoms with Gasteiger partial charge in [0.15, 0.2) is 0 Å². The molecule has 0 unspecified atom stereocenters. The lowest BCUT2D eigenvalue weighted by molar-refractivity contribution is -0.143. The summed E-state index contributed by atoms with van der Waals surface area (Å²) in [6, 6.07) is 9.25. The molecule has 0 aliphatic heterocycles. The standard InChI is InChI=1S/C24H36O2/c1-23(16-17-23)14-7-5-9-21-12-10-20(11-13-21)8-4-2-3-6-15-24(18-19-24)22(25)26/h10-13H,2-9,14-19H2,1H3,(H,25,26). The highest BCUT2D eigenvalue weighted by atomic mass is 16.4. The zero-order valence-corrected chi connectivity index (χ0v) is 16.6. The summed E-state index contributed by atoms with van der Waals surface area (Å²) in [5, 5.41) is 9.18. The second-order valence-electron chi connectivity index (χ2n) is 9.33. The second kappa shape index (κ2) is 8.59. The smallest absolute Gasteiger partial charge is 0.309 e. The molecule has 0 radical (unpaired) electrons. The van der Waals surface area contributed by atoms with Crippen LogP contribution in [0.3, 0.4) is 0 Å². The monoisotopic (exact) mass is 356 g/mol. The van der Waals surface area contributed by atoms with E-state index in [0.29, 0.717) is 5.41 Å². The summed E-state index contributed by atoms with van der Waals surface area (Å²) in [5.41, 5.74) is 3.31. The lowest BCUT2D eigenvalue weighted by Crippen LogP contribution is -2.14. The van der Waals surface area contributed by atoms with Crippen LogP contribution in [0.5, 0.6) is 0 Å². The Morgan fingerprint density at radius 1 is 0.808 bits per heavy atom. The zero-order valence-electron chi connectivity index (χ0n) is 16.6. The van der Waals surface area contributed by atoms with Crippen LogP contribution in [0.2, 0.25) is 0 Å². The van der Waals surface area contributed by atoms with Crippen molar-refractivity contribution in [1.29, 1.82) is 0 Å². The SMILES string of the molecule is CC1(CCCCc2ccc(CCCCCCC3(C(=O)O)CC3)cc2)CC1. The Morgan fingerprint density at radius 3 is 1.81 bits per heavy atom. The number of benzene rings is 1. The third-order valence-corrected chi connectivity index (χ3v) is 6.80. The van der Waals surface area contributed by atoms with Crippen LogP contribution >= 0.6 is 0 Å². The summed E-state index contributed by atoms with van der Waals surface area (Å²) in [6.07, 6.45) is 16.8. The van der Waals surface area contributed by atoms with Crippen molar-refractivity contribution in [2.75, 3.05) is 0 Å². The number of unbranched alkanes of at least 4 members (excludes halogenated alkanes) is 4. The van der Waals surface area contributed by atoms with Gasteiger partial charge in [-0.05, 0) is 80.8 Å². The van der Waals surface area contributed by atoms with Crippen LogP contribution in [-0.4, -0.2) is 11.1 Å². The van der Waals surface area contributed by atoms with Gasteiger partial charge >= 0.3 is 5.97 Å². The Kier molecular flexibility index (Phi) is 6.42. The fourth-order valence-electron chi connectivity index (χ4n) is 4.08. The number of carbonyl (C=O) groups is 1. The maximum absolute atomic E-state index is 11.1. The van der Waals surface area contributed by atoms with E-state index in [0.717, 1.165) is 32.1 Å². The highest BCUT2D eigenvalue weighted by Crippen LogP contribution is 2.50. The highest BCUT2D eigenvalue weighted by Gasteiger charge is 2.49. The molecule has 0 aromatic heterocycles. The van der Waals surface area contributed by atoms with Gasteiger partial charge in [-0.1, -0.05) is 56.9 Å². The minimum Gasteiger partial charge on any atom is -0.481 e. The number of aryl methyl sites for hydroxylation is 2. The molecule has 2 fully saturated rings. The third-order valence-electron chi connectivity index (χ3n) is 6.80. The molecule has 1 aromatic rings. The molecule has 1 N–H and O–H groups in total. The molecule has 0 spiro atoms. The van der Waals surface area contributed by atoms with Crippen molar-refractivity contribution in [3.63, 3.8) is 0 Å². The van der Waals surface area contributed by atoms with Crippen LogP contribution in [0.4, 0.5) is 0 Å². The highest BCUT2D eigenvalue weighted by molar-refractivity contribution is 5.77. The van der Waals surface area contributed by atoms with Crippen LogP contribution in [0.1, 0.15) is 95.1 Å². The van der Waals surface area contributed by atoms with Gasteiger partial charge in [-0.2, -0.15) is 0 Å². The molecule has 0 saturated heterocycles. The number of carboxylic acids is 1. The largest absolute Gasteiger partial charge is 0.481 e. The van der Waals surface area contributed by atoms with E-state index in [9.17, 15) is 9.90 Å². The Morgan fingerprint density at radius 2 is 1.31 bits per heavy atom. The number of carboxylic acid groups (broad SMARTS) is 1. The fraction of sp³-hybridized carbons (Fsp3) is 0.708. The Bertz CT molecular complexity index is 579. The molecule has 2 saturated carbocycles. The second-order valence-corrected chi connectivity index (χ2v) is 9.33. The van der Waals surface area contributed by atoms with Crippen LogP contribution in [0.15, 0.2) is 24.3 Å². The Balaban J connectivity index is 1.23. The van der Waals surface area contributed by atoms with E-state index in [4.69, 9.17) is 0 Å². The van der Waals surface area contributed by atoms with Crippen LogP contribution in [-0.2, 0) is 17.6 Å². The van der Waals surface area contributed by atoms with E-state index in [1.54, 1.807) is 0 Å². The molecule has 0 amide bonds. The number of aliphatic carboxylic acids is 1. The minimum absolute atomic E-state index is 0.327. The first kappa shape index (κ1) is 19.5. The van der Waals surface area contributed by atoms with E-state index in [1.807, 2.05) is 0 Å². The van der Waals surface area contributed by atoms with Gasteiger partial charge in [-0.3, -0.25) is 4.79 Å². The first-order valence-electron chi connectivity index (χ1n) is 10.8. The molecule has 2 nitrogen and oxygen atoms in total. The predicted octanol–water partition coefficient (Wildman–Crippen LogP) is 6.56. The summed E-state index contributed by atoms with van der Waals surface area (Å²) in [5.74, 6) is -0.570. The van der Waals surface area contributed by atoms with Crippen molar-refractivity contribution in [2.45, 2.75) is 96.8 Å². The van der Waals surface area contributed by atoms with Gasteiger partial charge in [0.25, 0.3) is 0 Å². The molecule has 26 heavy (non-hydrogen) atoms. The fourth-order valence-corrected chi connectivity index (χ4v) is 4.08. The van der Waals surface area contributed by atoms with Crippen molar-refractivity contribution < 1.29 is 9.90 Å². The van der Waals surface area contributed by atoms with Crippen molar-refractivity contribution in [2.24, 2.45) is 10.8 Å². The number of hydrogen-bond acceptors (Lipinski definition) is 1. The van der Waals surface area contributed by atoms with E-state index < -0.39 is 5.97 Å². The molecular formula is C24H36O2. The van der Waals surface area contributed by atoms with Crippen molar-refractivity contribution in [3.05, 3.63) is 35.4 Å². The molecule has 0 atom stereocenters. The summed E-state index contributed by atoms with van der Waals surface area (Å²) >= 11 is 0. The van der Waals surface area contributed by atoms with Gasteiger partial charge in [0, 0.05) is 0 Å². The minimum atomic E-state index is -0.570. The summed E-state index contributed by atoms with van der Waals surface area (Å²) in [6.45, 7) is 2.43. The Hall–Kier alpha value is -1.31. The van der Waals surface area contributed by atoms with Crippen molar-refractivity contribution in [3.8, 4) is 0 Å². The van der Waals surface area contributed by atoms with E-state index >= 15 is 0 Å². The quantitative estimate of drug-likeness (QED) is 0.406. The molecule has 2 aliphatic rings. The molecule has 1 aromatic carbocycles. The third kappa shape index (κ3) is 5.86. The summed E-state index contributed by atoms with van der Waals surface area (Å²) < 4.78 is 0. The molecular weight excluding hydrogens is 320 g/mol. The van der Waals surface area contributed by atoms with Gasteiger partial charge in [-0.25, -0.2) is 0 Å². The van der Waals surface area contributed by atoms with E-state index in [2.05, 4.69) is 31.2 Å². The first-order chi connectivity index (χ1) is 12.5. The molecule has 2 aliphatic carbocycles. The lowest BCUT2D eigenvalue weighted by Gasteiger charge is -2.09. The van der Waals surface area contributed by atoms with Gasteiger partial charge in [0.2, 0.25) is 0 Å². The van der Waals surface area contributed by atoms with Crippen molar-refractivity contribution in [1.82, 2.24) is 0 Å². The normalized spacial score (nSPS) is 19.3. The molecule has 144 valence electrons. The molecule has 0 bridgehead atoms. The first-order valence-corrected chi connectivity index (χ1v) is 10.8. The van der Waals surface area contributed by atoms with Crippen LogP contribution in [0.25, 0.3) is 0 Å². The zero-order chi connectivity index (χ0) is 18.5. The number of rotatable bonds is 13. The molecule has 2 heteroatoms. The van der Waals surface area contributed by atoms with E-state index in [1.165, 1.54) is 68.9 Å². The van der Waals surface area contributed by atoms with Crippen LogP contribution in [0, 0.1) is 10.8 Å². The van der Waals surface area contributed by atoms with Gasteiger partial charge < -0.3 is 5.11 Å². The number of hydrogen-bond donors (Lipinski definition) is 1. The summed E-state index contributed by atoms with van der Waals surface area (Å²) in [7, 11) is 0. The molecule has 3 rings (SSSR count). The van der Waals surface area contributed by atoms with Gasteiger partial charge in [-0.15, -0.1) is 0 Å². The van der Waals surface area contributed by atoms with Gasteiger partial charge in [0.1, 0.15) is 0 Å². The average Bonchev–Trinajstić information content (AvgIpc) is 3.54. The predicted molar refractivity (Wildman–Crippen MR) is 107 cm³/mol. The average molecular weight is 357 g/mol. The lowest BCUT2D eigenvalue weighted by atomic mass is 9.97.